The standard InChI is InChI=1S/C5H8N2O3S.ClH/c1-4-3-5(7(2)6-4)11(8,9)10;/h3H,1-2H3,(H,8,9,10);1H. The molecule has 0 aliphatic rings. The zero-order valence-corrected chi connectivity index (χ0v) is 8.18. The lowest BCUT2D eigenvalue weighted by Gasteiger charge is -1.94. The van der Waals surface area contributed by atoms with Crippen LogP contribution in [-0.4, -0.2) is 22.8 Å². The van der Waals surface area contributed by atoms with Gasteiger partial charge in [-0.05, 0) is 6.92 Å². The summed E-state index contributed by atoms with van der Waals surface area (Å²) in [4.78, 5) is 0. The second-order valence-corrected chi connectivity index (χ2v) is 3.59. The van der Waals surface area contributed by atoms with Gasteiger partial charge < -0.3 is 0 Å². The Bertz CT molecular complexity index is 370. The van der Waals surface area contributed by atoms with Gasteiger partial charge in [-0.3, -0.25) is 9.23 Å². The molecule has 12 heavy (non-hydrogen) atoms. The Labute approximate surface area is 76.6 Å². The summed E-state index contributed by atoms with van der Waals surface area (Å²) in [5, 5.41) is 3.57. The Kier molecular flexibility index (Phi) is 3.25. The molecule has 0 radical (unpaired) electrons. The molecule has 0 aliphatic heterocycles. The quantitative estimate of drug-likeness (QED) is 0.684. The van der Waals surface area contributed by atoms with Crippen molar-refractivity contribution >= 4 is 22.5 Å². The zero-order chi connectivity index (χ0) is 8.65. The number of rotatable bonds is 1. The van der Waals surface area contributed by atoms with E-state index >= 15 is 0 Å². The van der Waals surface area contributed by atoms with E-state index in [1.54, 1.807) is 6.92 Å². The van der Waals surface area contributed by atoms with Crippen LogP contribution in [0.15, 0.2) is 11.1 Å². The number of aryl methyl sites for hydroxylation is 2. The molecule has 0 unspecified atom stereocenters. The van der Waals surface area contributed by atoms with Gasteiger partial charge in [0.05, 0.1) is 5.69 Å². The van der Waals surface area contributed by atoms with Crippen LogP contribution in [-0.2, 0) is 17.2 Å². The minimum Gasteiger partial charge on any atom is -0.281 e. The maximum Gasteiger partial charge on any atom is 0.311 e. The zero-order valence-electron chi connectivity index (χ0n) is 6.55. The fourth-order valence-corrected chi connectivity index (χ4v) is 1.52. The number of hydrogen-bond donors (Lipinski definition) is 1. The van der Waals surface area contributed by atoms with Gasteiger partial charge in [0.25, 0.3) is 0 Å². The lowest BCUT2D eigenvalue weighted by molar-refractivity contribution is 0.470. The first-order valence-corrected chi connectivity index (χ1v) is 4.33. The third-order valence-corrected chi connectivity index (χ3v) is 2.13. The van der Waals surface area contributed by atoms with E-state index in [2.05, 4.69) is 5.10 Å². The Morgan fingerprint density at radius 3 is 2.25 bits per heavy atom. The summed E-state index contributed by atoms with van der Waals surface area (Å²) in [5.41, 5.74) is 0.556. The molecule has 0 atom stereocenters. The van der Waals surface area contributed by atoms with Crippen LogP contribution in [0.3, 0.4) is 0 Å². The molecule has 0 saturated heterocycles. The minimum absolute atomic E-state index is 0. The first-order valence-electron chi connectivity index (χ1n) is 2.89. The van der Waals surface area contributed by atoms with E-state index in [0.717, 1.165) is 4.68 Å². The summed E-state index contributed by atoms with van der Waals surface area (Å²) in [6.45, 7) is 1.65. The summed E-state index contributed by atoms with van der Waals surface area (Å²) in [6, 6.07) is 1.30. The van der Waals surface area contributed by atoms with Crippen molar-refractivity contribution in [2.75, 3.05) is 0 Å². The average molecular weight is 213 g/mol. The van der Waals surface area contributed by atoms with Crippen LogP contribution in [0.4, 0.5) is 0 Å². The number of hydrogen-bond acceptors (Lipinski definition) is 3. The normalized spacial score (nSPS) is 10.9. The molecule has 0 saturated carbocycles. The smallest absolute Gasteiger partial charge is 0.281 e. The van der Waals surface area contributed by atoms with Gasteiger partial charge in [-0.25, -0.2) is 0 Å². The number of aromatic nitrogens is 2. The molecular weight excluding hydrogens is 204 g/mol. The van der Waals surface area contributed by atoms with Crippen LogP contribution in [0.25, 0.3) is 0 Å². The summed E-state index contributed by atoms with van der Waals surface area (Å²) >= 11 is 0. The topological polar surface area (TPSA) is 72.2 Å². The molecule has 7 heteroatoms. The second-order valence-electron chi connectivity index (χ2n) is 2.22. The maximum atomic E-state index is 10.6. The van der Waals surface area contributed by atoms with Crippen molar-refractivity contribution in [3.8, 4) is 0 Å². The van der Waals surface area contributed by atoms with E-state index < -0.39 is 10.1 Å². The van der Waals surface area contributed by atoms with Gasteiger partial charge in [-0.2, -0.15) is 13.5 Å². The molecule has 0 amide bonds. The van der Waals surface area contributed by atoms with E-state index in [1.165, 1.54) is 13.1 Å². The lowest BCUT2D eigenvalue weighted by atomic mass is 10.5. The van der Waals surface area contributed by atoms with Gasteiger partial charge in [-0.15, -0.1) is 12.4 Å². The number of halogens is 1. The highest BCUT2D eigenvalue weighted by Crippen LogP contribution is 2.07. The predicted molar refractivity (Wildman–Crippen MR) is 45.0 cm³/mol. The largest absolute Gasteiger partial charge is 0.311 e. The Balaban J connectivity index is 0.00000121. The van der Waals surface area contributed by atoms with Crippen molar-refractivity contribution in [1.29, 1.82) is 0 Å². The van der Waals surface area contributed by atoms with Crippen molar-refractivity contribution in [3.05, 3.63) is 11.8 Å². The average Bonchev–Trinajstić information content (AvgIpc) is 2.08. The van der Waals surface area contributed by atoms with Gasteiger partial charge in [0, 0.05) is 13.1 Å². The van der Waals surface area contributed by atoms with Crippen LogP contribution in [0.2, 0.25) is 0 Å². The van der Waals surface area contributed by atoms with E-state index in [4.69, 9.17) is 4.55 Å². The molecule has 1 heterocycles. The van der Waals surface area contributed by atoms with E-state index in [0.29, 0.717) is 5.69 Å². The van der Waals surface area contributed by atoms with Crippen LogP contribution in [0, 0.1) is 6.92 Å². The second kappa shape index (κ2) is 3.42. The third kappa shape index (κ3) is 2.20. The molecule has 0 fully saturated rings. The molecule has 1 rings (SSSR count). The molecule has 1 aromatic heterocycles. The first-order chi connectivity index (χ1) is 4.91. The molecule has 0 aliphatic carbocycles. The molecule has 70 valence electrons. The molecule has 1 N–H and O–H groups in total. The third-order valence-electron chi connectivity index (χ3n) is 1.22. The first kappa shape index (κ1) is 11.4. The van der Waals surface area contributed by atoms with Crippen molar-refractivity contribution < 1.29 is 13.0 Å². The molecule has 1 aromatic rings. The van der Waals surface area contributed by atoms with Crippen LogP contribution < -0.4 is 0 Å². The summed E-state index contributed by atoms with van der Waals surface area (Å²) in [7, 11) is -2.66. The summed E-state index contributed by atoms with van der Waals surface area (Å²) in [6.07, 6.45) is 0. The van der Waals surface area contributed by atoms with Crippen molar-refractivity contribution in [2.45, 2.75) is 11.9 Å². The predicted octanol–water partition coefficient (Wildman–Crippen LogP) is 0.397. The minimum atomic E-state index is -4.11. The van der Waals surface area contributed by atoms with E-state index in [1.807, 2.05) is 0 Å². The van der Waals surface area contributed by atoms with Crippen LogP contribution in [0.5, 0.6) is 0 Å². The van der Waals surface area contributed by atoms with Gasteiger partial charge in [0.1, 0.15) is 0 Å². The van der Waals surface area contributed by atoms with Crippen LogP contribution in [0.1, 0.15) is 5.69 Å². The van der Waals surface area contributed by atoms with E-state index in [9.17, 15) is 8.42 Å². The van der Waals surface area contributed by atoms with Gasteiger partial charge in [-0.1, -0.05) is 0 Å². The van der Waals surface area contributed by atoms with Crippen molar-refractivity contribution in [2.24, 2.45) is 7.05 Å². The van der Waals surface area contributed by atoms with Gasteiger partial charge >= 0.3 is 10.1 Å². The summed E-state index contributed by atoms with van der Waals surface area (Å²) in [5.74, 6) is 0. The number of nitrogens with zero attached hydrogens (tertiary/aromatic N) is 2. The fraction of sp³-hybridized carbons (Fsp3) is 0.400. The molecule has 5 nitrogen and oxygen atoms in total. The van der Waals surface area contributed by atoms with Crippen molar-refractivity contribution in [3.63, 3.8) is 0 Å². The monoisotopic (exact) mass is 212 g/mol. The van der Waals surface area contributed by atoms with Crippen molar-refractivity contribution in [1.82, 2.24) is 9.78 Å². The Hall–Kier alpha value is -0.590. The highest BCUT2D eigenvalue weighted by Gasteiger charge is 2.14. The SMILES string of the molecule is Cc1cc(S(=O)(=O)O)n(C)n1.Cl. The highest BCUT2D eigenvalue weighted by molar-refractivity contribution is 7.85. The Morgan fingerprint density at radius 2 is 2.08 bits per heavy atom. The van der Waals surface area contributed by atoms with Gasteiger partial charge in [0.15, 0.2) is 5.03 Å². The molecule has 0 bridgehead atoms. The maximum absolute atomic E-state index is 10.6. The fourth-order valence-electron chi connectivity index (χ4n) is 0.828. The molecule has 0 aromatic carbocycles. The molecule has 0 spiro atoms. The lowest BCUT2D eigenvalue weighted by Crippen LogP contribution is -2.05. The Morgan fingerprint density at radius 1 is 1.58 bits per heavy atom. The van der Waals surface area contributed by atoms with Gasteiger partial charge in [0.2, 0.25) is 0 Å². The highest BCUT2D eigenvalue weighted by atomic mass is 35.5. The summed E-state index contributed by atoms with van der Waals surface area (Å²) < 4.78 is 30.8. The van der Waals surface area contributed by atoms with E-state index in [-0.39, 0.29) is 17.4 Å². The van der Waals surface area contributed by atoms with Crippen LogP contribution >= 0.6 is 12.4 Å². The molecular formula is C5H9ClN2O3S.